The van der Waals surface area contributed by atoms with Crippen LogP contribution in [-0.2, 0) is 21.4 Å². The summed E-state index contributed by atoms with van der Waals surface area (Å²) in [4.78, 5) is 15.7. The van der Waals surface area contributed by atoms with Gasteiger partial charge in [-0.25, -0.2) is 0 Å². The SMILES string of the molecule is CO[C@]12CC[C@@]3(C[C@@H]1CNC(=O)/C=C/c1ccccc1)[C@H]1Cc4ccc(O)c5c4[C@@]3(CCN1CC1CC1)[C@H]2O5. The van der Waals surface area contributed by atoms with Crippen LogP contribution in [-0.4, -0.2) is 60.4 Å². The first-order valence-corrected chi connectivity index (χ1v) is 14.8. The predicted molar refractivity (Wildman–Crippen MR) is 149 cm³/mol. The van der Waals surface area contributed by atoms with Crippen molar-refractivity contribution in [1.29, 1.82) is 0 Å². The van der Waals surface area contributed by atoms with Crippen LogP contribution in [0.4, 0.5) is 0 Å². The molecular formula is C33H38N2O4. The summed E-state index contributed by atoms with van der Waals surface area (Å²) in [5.41, 5.74) is 3.08. The molecule has 39 heavy (non-hydrogen) atoms. The van der Waals surface area contributed by atoms with Crippen molar-refractivity contribution in [3.8, 4) is 11.5 Å². The molecule has 6 atom stereocenters. The Kier molecular flexibility index (Phi) is 5.13. The third kappa shape index (κ3) is 3.13. The molecule has 5 fully saturated rings. The number of hydrogen-bond donors (Lipinski definition) is 2. The van der Waals surface area contributed by atoms with Crippen molar-refractivity contribution in [1.82, 2.24) is 10.2 Å². The van der Waals surface area contributed by atoms with E-state index in [0.717, 1.165) is 50.1 Å². The number of piperidine rings is 1. The molecule has 0 radical (unpaired) electrons. The van der Waals surface area contributed by atoms with Crippen LogP contribution in [0.25, 0.3) is 6.08 Å². The molecule has 5 aliphatic carbocycles. The van der Waals surface area contributed by atoms with Crippen LogP contribution in [0.5, 0.6) is 11.5 Å². The summed E-state index contributed by atoms with van der Waals surface area (Å²) in [6.07, 6.45) is 11.2. The van der Waals surface area contributed by atoms with Crippen molar-refractivity contribution in [3.63, 3.8) is 0 Å². The van der Waals surface area contributed by atoms with Gasteiger partial charge in [0.05, 0.1) is 0 Å². The van der Waals surface area contributed by atoms with Gasteiger partial charge in [0.25, 0.3) is 0 Å². The smallest absolute Gasteiger partial charge is 0.244 e. The molecular weight excluding hydrogens is 488 g/mol. The molecule has 4 saturated carbocycles. The van der Waals surface area contributed by atoms with E-state index in [0.29, 0.717) is 18.3 Å². The Morgan fingerprint density at radius 2 is 2.03 bits per heavy atom. The fourth-order valence-electron chi connectivity index (χ4n) is 9.81. The van der Waals surface area contributed by atoms with Crippen LogP contribution in [0.15, 0.2) is 48.5 Å². The minimum Gasteiger partial charge on any atom is -0.504 e. The van der Waals surface area contributed by atoms with E-state index in [1.165, 1.54) is 30.5 Å². The number of phenols is 1. The summed E-state index contributed by atoms with van der Waals surface area (Å²) >= 11 is 0. The van der Waals surface area contributed by atoms with Crippen molar-refractivity contribution >= 4 is 12.0 Å². The highest BCUT2D eigenvalue weighted by molar-refractivity contribution is 5.91. The van der Waals surface area contributed by atoms with E-state index in [4.69, 9.17) is 9.47 Å². The maximum Gasteiger partial charge on any atom is 0.244 e. The lowest BCUT2D eigenvalue weighted by Gasteiger charge is -2.74. The number of carbonyl (C=O) groups excluding carboxylic acids is 1. The Morgan fingerprint density at radius 3 is 2.82 bits per heavy atom. The average Bonchev–Trinajstić information content (AvgIpc) is 3.70. The maximum atomic E-state index is 12.9. The second-order valence-electron chi connectivity index (χ2n) is 13.0. The summed E-state index contributed by atoms with van der Waals surface area (Å²) in [7, 11) is 1.83. The van der Waals surface area contributed by atoms with Crippen LogP contribution in [0.2, 0.25) is 0 Å². The van der Waals surface area contributed by atoms with Crippen LogP contribution >= 0.6 is 0 Å². The van der Waals surface area contributed by atoms with Crippen LogP contribution in [0.3, 0.4) is 0 Å². The highest BCUT2D eigenvalue weighted by Gasteiger charge is 2.80. The molecule has 0 aromatic heterocycles. The number of fused-ring (bicyclic) bond motifs is 2. The molecule has 2 aromatic carbocycles. The van der Waals surface area contributed by atoms with Gasteiger partial charge in [-0.1, -0.05) is 36.4 Å². The van der Waals surface area contributed by atoms with Crippen molar-refractivity contribution in [3.05, 3.63) is 65.2 Å². The second-order valence-corrected chi connectivity index (χ2v) is 13.0. The Labute approximate surface area is 230 Å². The zero-order valence-corrected chi connectivity index (χ0v) is 22.7. The Hall–Kier alpha value is -2.83. The first kappa shape index (κ1) is 24.0. The van der Waals surface area contributed by atoms with Crippen LogP contribution in [0.1, 0.15) is 55.2 Å². The van der Waals surface area contributed by atoms with Gasteiger partial charge in [-0.2, -0.15) is 0 Å². The van der Waals surface area contributed by atoms with Gasteiger partial charge in [0.1, 0.15) is 11.7 Å². The number of phenolic OH excluding ortho intramolecular Hbond substituents is 1. The number of ether oxygens (including phenoxy) is 2. The summed E-state index contributed by atoms with van der Waals surface area (Å²) in [5, 5.41) is 14.2. The Morgan fingerprint density at radius 1 is 1.18 bits per heavy atom. The number of likely N-dealkylation sites (tertiary alicyclic amines) is 1. The molecule has 1 saturated heterocycles. The van der Waals surface area contributed by atoms with Gasteiger partial charge in [-0.3, -0.25) is 9.69 Å². The lowest BCUT2D eigenvalue weighted by Crippen LogP contribution is -2.81. The minimum atomic E-state index is -0.499. The molecule has 9 rings (SSSR count). The third-order valence-electron chi connectivity index (χ3n) is 11.6. The summed E-state index contributed by atoms with van der Waals surface area (Å²) in [5.74, 6) is 1.88. The van der Waals surface area contributed by atoms with Gasteiger partial charge < -0.3 is 19.9 Å². The minimum absolute atomic E-state index is 0.0619. The number of hydrogen-bond acceptors (Lipinski definition) is 5. The van der Waals surface area contributed by atoms with Gasteiger partial charge in [0.15, 0.2) is 11.5 Å². The van der Waals surface area contributed by atoms with Gasteiger partial charge in [-0.15, -0.1) is 0 Å². The van der Waals surface area contributed by atoms with Crippen LogP contribution in [0, 0.1) is 17.3 Å². The number of aromatic hydroxyl groups is 1. The summed E-state index contributed by atoms with van der Waals surface area (Å²) in [6.45, 7) is 2.85. The molecule has 0 unspecified atom stereocenters. The summed E-state index contributed by atoms with van der Waals surface area (Å²) in [6, 6.07) is 14.4. The lowest BCUT2D eigenvalue weighted by molar-refractivity contribution is -0.276. The van der Waals surface area contributed by atoms with Crippen molar-refractivity contribution in [2.45, 2.75) is 68.1 Å². The number of nitrogens with zero attached hydrogens (tertiary/aromatic N) is 1. The maximum absolute atomic E-state index is 12.9. The quantitative estimate of drug-likeness (QED) is 0.522. The number of carbonyl (C=O) groups is 1. The summed E-state index contributed by atoms with van der Waals surface area (Å²) < 4.78 is 13.4. The first-order chi connectivity index (χ1) is 19.0. The van der Waals surface area contributed by atoms with E-state index in [1.54, 1.807) is 6.08 Å². The number of rotatable bonds is 7. The molecule has 2 spiro atoms. The first-order valence-electron chi connectivity index (χ1n) is 14.8. The number of benzene rings is 2. The highest BCUT2D eigenvalue weighted by atomic mass is 16.6. The molecule has 2 heterocycles. The Balaban J connectivity index is 1.16. The molecule has 6 heteroatoms. The van der Waals surface area contributed by atoms with Gasteiger partial charge in [0.2, 0.25) is 5.91 Å². The molecule has 2 aromatic rings. The largest absolute Gasteiger partial charge is 0.504 e. The average molecular weight is 527 g/mol. The normalized spacial score (nSPS) is 37.5. The van der Waals surface area contributed by atoms with Gasteiger partial charge in [-0.05, 0) is 80.7 Å². The van der Waals surface area contributed by atoms with E-state index >= 15 is 0 Å². The number of nitrogens with one attached hydrogen (secondary N) is 1. The Bertz CT molecular complexity index is 1350. The van der Waals surface area contributed by atoms with Gasteiger partial charge >= 0.3 is 0 Å². The van der Waals surface area contributed by atoms with Crippen molar-refractivity contribution < 1.29 is 19.4 Å². The molecule has 2 aliphatic heterocycles. The fraction of sp³-hybridized carbons (Fsp3) is 0.545. The zero-order valence-electron chi connectivity index (χ0n) is 22.7. The standard InChI is InChI=1S/C33H38N2O4/c1-38-33-14-13-31(18-24(33)19-34-27(37)12-9-21-5-3-2-4-6-21)26-17-23-10-11-25(36)29-28(23)32(31,30(33)39-29)15-16-35(26)20-22-7-8-22/h2-6,9-12,22,24,26,30,36H,7-8,13-20H2,1H3,(H,34,37)/b12-9+/t24-,26-,30-,31-,32+,33-/m1/s1. The topological polar surface area (TPSA) is 71.0 Å². The molecule has 6 nitrogen and oxygen atoms in total. The van der Waals surface area contributed by atoms with Gasteiger partial charge in [0, 0.05) is 54.6 Å². The third-order valence-corrected chi connectivity index (χ3v) is 11.6. The van der Waals surface area contributed by atoms with E-state index in [2.05, 4.69) is 16.3 Å². The monoisotopic (exact) mass is 526 g/mol. The van der Waals surface area contributed by atoms with Crippen LogP contribution < -0.4 is 10.1 Å². The van der Waals surface area contributed by atoms with Crippen molar-refractivity contribution in [2.24, 2.45) is 17.3 Å². The lowest BCUT2D eigenvalue weighted by atomic mass is 9.35. The molecule has 1 amide bonds. The molecule has 7 aliphatic rings. The van der Waals surface area contributed by atoms with E-state index in [-0.39, 0.29) is 34.5 Å². The number of methoxy groups -OCH3 is 1. The number of amides is 1. The zero-order chi connectivity index (χ0) is 26.4. The van der Waals surface area contributed by atoms with E-state index in [9.17, 15) is 9.90 Å². The molecule has 204 valence electrons. The predicted octanol–water partition coefficient (Wildman–Crippen LogP) is 4.45. The second kappa shape index (κ2) is 8.34. The van der Waals surface area contributed by atoms with Crippen molar-refractivity contribution in [2.75, 3.05) is 26.7 Å². The van der Waals surface area contributed by atoms with E-state index in [1.807, 2.05) is 49.6 Å². The molecule has 2 N–H and O–H groups in total. The highest BCUT2D eigenvalue weighted by Crippen LogP contribution is 2.76. The van der Waals surface area contributed by atoms with E-state index < -0.39 is 5.60 Å². The fourth-order valence-corrected chi connectivity index (χ4v) is 9.81. The molecule has 4 bridgehead atoms.